The van der Waals surface area contributed by atoms with Crippen LogP contribution in [0.25, 0.3) is 0 Å². The highest BCUT2D eigenvalue weighted by molar-refractivity contribution is 5.91. The van der Waals surface area contributed by atoms with E-state index in [1.807, 2.05) is 230 Å². The van der Waals surface area contributed by atoms with Crippen LogP contribution >= 0.6 is 0 Å². The Morgan fingerprint density at radius 1 is 0.315 bits per heavy atom. The molecule has 0 saturated heterocycles. The molecule has 0 atom stereocenters. The Labute approximate surface area is 641 Å². The van der Waals surface area contributed by atoms with Gasteiger partial charge in [-0.05, 0) is 136 Å². The van der Waals surface area contributed by atoms with Crippen molar-refractivity contribution in [1.82, 2.24) is 69.9 Å². The van der Waals surface area contributed by atoms with E-state index in [1.165, 1.54) is 0 Å². The predicted octanol–water partition coefficient (Wildman–Crippen LogP) is 14.2. The fraction of sp³-hybridized carbons (Fsp3) is 0.284. The van der Waals surface area contributed by atoms with Crippen LogP contribution in [-0.2, 0) is 54.5 Å². The van der Waals surface area contributed by atoms with Crippen LogP contribution in [0.15, 0.2) is 207 Å². The van der Waals surface area contributed by atoms with Crippen LogP contribution in [0.3, 0.4) is 0 Å². The molecule has 0 amide bonds. The first-order valence-electron chi connectivity index (χ1n) is 36.8. The molecule has 12 aromatic rings. The van der Waals surface area contributed by atoms with Gasteiger partial charge in [-0.1, -0.05) is 71.1 Å². The fourth-order valence-corrected chi connectivity index (χ4v) is 12.1. The summed E-state index contributed by atoms with van der Waals surface area (Å²) in [5.74, 6) is 10.7. The van der Waals surface area contributed by atoms with E-state index in [1.54, 1.807) is 33.9 Å². The van der Waals surface area contributed by atoms with E-state index in [-0.39, 0.29) is 26.3 Å². The summed E-state index contributed by atoms with van der Waals surface area (Å²) in [6, 6.07) is 60.8. The molecule has 14 rings (SSSR count). The van der Waals surface area contributed by atoms with Gasteiger partial charge >= 0.3 is 11.9 Å². The van der Waals surface area contributed by atoms with Gasteiger partial charge in [-0.3, -0.25) is 9.59 Å². The van der Waals surface area contributed by atoms with E-state index in [9.17, 15) is 9.59 Å². The van der Waals surface area contributed by atoms with Gasteiger partial charge in [0.05, 0.1) is 37.7 Å². The highest BCUT2D eigenvalue weighted by Crippen LogP contribution is 2.37. The van der Waals surface area contributed by atoms with E-state index in [0.717, 1.165) is 73.2 Å². The van der Waals surface area contributed by atoms with Gasteiger partial charge in [0.2, 0.25) is 23.5 Å². The minimum Gasteiger partial charge on any atom is -0.463 e. The number of hydrogen-bond acceptors (Lipinski definition) is 28. The van der Waals surface area contributed by atoms with Gasteiger partial charge in [0.25, 0.3) is 0 Å². The van der Waals surface area contributed by atoms with Gasteiger partial charge in [0, 0.05) is 116 Å². The molecule has 0 saturated carbocycles. The maximum atomic E-state index is 12.6. The minimum absolute atomic E-state index is 0.00252. The average molecular weight is 1500 g/mol. The van der Waals surface area contributed by atoms with Crippen molar-refractivity contribution in [2.75, 3.05) is 110 Å². The normalized spacial score (nSPS) is 12.6. The molecule has 0 aliphatic carbocycles. The maximum Gasteiger partial charge on any atom is 0.317 e. The molecule has 30 heteroatoms. The molecule has 0 N–H and O–H groups in total. The number of benzene rings is 2. The summed E-state index contributed by atoms with van der Waals surface area (Å²) in [6.45, 7) is 3.79. The van der Waals surface area contributed by atoms with Crippen molar-refractivity contribution >= 4 is 81.8 Å². The Hall–Kier alpha value is -13.2. The Bertz CT molecular complexity index is 4570. The molecule has 568 valence electrons. The number of hydrogen-bond donors (Lipinski definition) is 0. The number of carbonyl (C=O) groups is 2. The molecule has 0 fully saturated rings. The lowest BCUT2D eigenvalue weighted by atomic mass is 10.2. The van der Waals surface area contributed by atoms with Crippen molar-refractivity contribution in [2.45, 2.75) is 70.9 Å². The van der Waals surface area contributed by atoms with E-state index < -0.39 is 18.4 Å². The predicted molar refractivity (Wildman–Crippen MR) is 417 cm³/mol. The number of nitrogens with zero attached hydrogens (tertiary/aromatic N) is 20. The summed E-state index contributed by atoms with van der Waals surface area (Å²) in [6.07, 6.45) is 9.22. The smallest absolute Gasteiger partial charge is 0.317 e. The molecule has 2 aromatic carbocycles. The summed E-state index contributed by atoms with van der Waals surface area (Å²) in [7, 11) is 7.70. The number of rotatable bonds is 26. The molecule has 0 unspecified atom stereocenters. The Balaban J connectivity index is 0.477. The highest BCUT2D eigenvalue weighted by atomic mass is 16.6. The van der Waals surface area contributed by atoms with Gasteiger partial charge in [-0.25, -0.2) is 29.3 Å². The molecule has 0 radical (unpaired) electrons. The third kappa shape index (κ3) is 20.3. The second-order valence-electron chi connectivity index (χ2n) is 26.1. The zero-order valence-electron chi connectivity index (χ0n) is 62.1. The first-order chi connectivity index (χ1) is 54.4. The molecular weight excluding hydrogens is 1410 g/mol. The van der Waals surface area contributed by atoms with Gasteiger partial charge in [0.15, 0.2) is 0 Å². The first-order valence-corrected chi connectivity index (χ1v) is 36.8. The molecule has 0 spiro atoms. The van der Waals surface area contributed by atoms with Crippen molar-refractivity contribution in [1.29, 1.82) is 0 Å². The van der Waals surface area contributed by atoms with E-state index >= 15 is 0 Å². The number of esters is 2. The number of pyridine rings is 8. The van der Waals surface area contributed by atoms with Crippen molar-refractivity contribution < 1.29 is 47.5 Å². The molecule has 111 heavy (non-hydrogen) atoms. The van der Waals surface area contributed by atoms with Crippen LogP contribution in [0.1, 0.15) is 56.3 Å². The van der Waals surface area contributed by atoms with Crippen LogP contribution in [0, 0.1) is 0 Å². The van der Waals surface area contributed by atoms with E-state index in [2.05, 4.69) is 30.4 Å². The molecule has 10 aromatic heterocycles. The third-order valence-corrected chi connectivity index (χ3v) is 18.0. The van der Waals surface area contributed by atoms with Crippen LogP contribution in [-0.4, -0.2) is 163 Å². The zero-order valence-corrected chi connectivity index (χ0v) is 62.1. The summed E-state index contributed by atoms with van der Waals surface area (Å²) in [5.41, 5.74) is 1.47. The average Bonchev–Trinajstić information content (AvgIpc) is 1.15. The molecule has 20 bridgehead atoms. The molecule has 2 aliphatic heterocycles. The van der Waals surface area contributed by atoms with Crippen LogP contribution < -0.4 is 48.3 Å². The summed E-state index contributed by atoms with van der Waals surface area (Å²) in [4.78, 5) is 77.0. The van der Waals surface area contributed by atoms with Crippen LogP contribution in [0.4, 0.5) is 69.8 Å². The quantitative estimate of drug-likeness (QED) is 0.0276. The number of unbranched alkanes of at least 4 members (excludes halogenated alkanes) is 4. The molecule has 30 nitrogen and oxygen atoms in total. The van der Waals surface area contributed by atoms with Gasteiger partial charge in [-0.15, -0.1) is 10.2 Å². The summed E-state index contributed by atoms with van der Waals surface area (Å²) < 4.78 is 50.8. The van der Waals surface area contributed by atoms with E-state index in [4.69, 9.17) is 77.8 Å². The second-order valence-corrected chi connectivity index (χ2v) is 26.1. The fourth-order valence-electron chi connectivity index (χ4n) is 12.1. The first kappa shape index (κ1) is 74.6. The number of fused-ring (bicyclic) bond motifs is 20. The van der Waals surface area contributed by atoms with E-state index in [0.29, 0.717) is 145 Å². The van der Waals surface area contributed by atoms with Crippen molar-refractivity contribution in [3.8, 4) is 46.5 Å². The minimum atomic E-state index is -0.707. The van der Waals surface area contributed by atoms with Crippen molar-refractivity contribution in [3.05, 3.63) is 218 Å². The number of carbonyl (C=O) groups excluding carboxylic acids is 2. The van der Waals surface area contributed by atoms with Crippen LogP contribution in [0.2, 0.25) is 0 Å². The lowest BCUT2D eigenvalue weighted by Gasteiger charge is -2.26. The lowest BCUT2D eigenvalue weighted by molar-refractivity contribution is -0.154. The molecule has 12 heterocycles. The maximum absolute atomic E-state index is 12.6. The third-order valence-electron chi connectivity index (χ3n) is 18.0. The standard InChI is InChI=1S/C81H84N20O10/c1-94-64-25-13-33-72(82-64)100(73-34-14-26-65(83-73)95(2)69-30-18-38-77(87-69)109-61-22-11-21-60(53-61)108-76-37-17-29-68(94)86-76)43-7-5-9-47-104-49-41-58-56-98(92-90-58)45-51-106-80(102)55-81(103)107-52-46-99-57-59(91-93-99)42-50-105-48-10-6-8-44-101-74-35-15-27-66(84-74)96(3)70-31-19-39-78(88-70)110-62-23-12-24-63(54-62)111-79-40-20-32-71(89-79)97(4)67-28-16-36-75(101)85-67/h11-40,53-54,56-57H,5-10,41-52,55H2,1-4H3. The highest BCUT2D eigenvalue weighted by Gasteiger charge is 2.23. The lowest BCUT2D eigenvalue weighted by Crippen LogP contribution is -2.23. The van der Waals surface area contributed by atoms with Gasteiger partial charge in [-0.2, -0.15) is 19.9 Å². The monoisotopic (exact) mass is 1500 g/mol. The number of anilines is 12. The second kappa shape index (κ2) is 36.6. The zero-order chi connectivity index (χ0) is 76.1. The largest absolute Gasteiger partial charge is 0.463 e. The number of ether oxygens (including phenoxy) is 8. The molecule has 2 aliphatic rings. The van der Waals surface area contributed by atoms with Crippen LogP contribution in [0.5, 0.6) is 46.5 Å². The Kier molecular flexibility index (Phi) is 24.6. The topological polar surface area (TPSA) is 292 Å². The number of aromatic nitrogens is 14. The van der Waals surface area contributed by atoms with Gasteiger partial charge in [0.1, 0.15) is 112 Å². The Morgan fingerprint density at radius 3 is 0.928 bits per heavy atom. The summed E-state index contributed by atoms with van der Waals surface area (Å²) in [5, 5.41) is 16.9. The SMILES string of the molecule is CN1c2cccc(n2)Oc2cccc(c2)Oc2cccc(n2)N(C)c2cccc(n2)N(CCCCCOCCc2cn(CCOC(=O)CC(=O)OCCn3cc(CCOCCCCCN4c5cccc(n5)N(C)c5cccc(n5)Oc5cccc(c5)Oc5cccc(n5)N(C)c5cccc4n5)nn3)nn2)c2cccc1n2. The molecular formula is C81H84N20O10. The van der Waals surface area contributed by atoms with Gasteiger partial charge < -0.3 is 67.3 Å². The summed E-state index contributed by atoms with van der Waals surface area (Å²) >= 11 is 0. The van der Waals surface area contributed by atoms with Crippen molar-refractivity contribution in [2.24, 2.45) is 0 Å². The van der Waals surface area contributed by atoms with Crippen molar-refractivity contribution in [3.63, 3.8) is 0 Å². The Morgan fingerprint density at radius 2 is 0.604 bits per heavy atom.